The second-order valence-corrected chi connectivity index (χ2v) is 15.5. The lowest BCUT2D eigenvalue weighted by Gasteiger charge is -2.26. The third kappa shape index (κ3) is 13.5. The Morgan fingerprint density at radius 2 is 1.59 bits per heavy atom. The monoisotopic (exact) mass is 770 g/mol. The summed E-state index contributed by atoms with van der Waals surface area (Å²) < 4.78 is 7.41. The van der Waals surface area contributed by atoms with Gasteiger partial charge >= 0.3 is 12.1 Å². The van der Waals surface area contributed by atoms with Gasteiger partial charge in [0.15, 0.2) is 5.78 Å². The van der Waals surface area contributed by atoms with Crippen LogP contribution in [0.3, 0.4) is 0 Å². The average Bonchev–Trinajstić information content (AvgIpc) is 3.99. The first-order valence-electron chi connectivity index (χ1n) is 18.3. The van der Waals surface area contributed by atoms with Crippen LogP contribution in [0.5, 0.6) is 0 Å². The number of imidazole rings is 1. The molecule has 0 unspecified atom stereocenters. The highest BCUT2D eigenvalue weighted by Crippen LogP contribution is 2.20. The highest BCUT2D eigenvalue weighted by molar-refractivity contribution is 7.09. The fourth-order valence-corrected chi connectivity index (χ4v) is 7.30. The number of alkyl carbamates (subject to hydrolysis) is 1. The maximum atomic E-state index is 13.9. The quantitative estimate of drug-likeness (QED) is 0.0757. The molecule has 3 atom stereocenters. The van der Waals surface area contributed by atoms with E-state index < -0.39 is 12.1 Å². The number of hydrogen-bond donors (Lipinski definition) is 3. The number of amides is 3. The van der Waals surface area contributed by atoms with Crippen molar-refractivity contribution in [3.63, 3.8) is 0 Å². The van der Waals surface area contributed by atoms with E-state index in [1.165, 1.54) is 11.3 Å². The van der Waals surface area contributed by atoms with E-state index in [1.54, 1.807) is 47.5 Å². The van der Waals surface area contributed by atoms with Crippen molar-refractivity contribution in [1.82, 2.24) is 40.4 Å². The van der Waals surface area contributed by atoms with Crippen LogP contribution in [0.15, 0.2) is 96.5 Å². The summed E-state index contributed by atoms with van der Waals surface area (Å²) in [5.41, 5.74) is 4.76. The Bertz CT molecular complexity index is 1840. The zero-order valence-electron chi connectivity index (χ0n) is 31.1. The normalized spacial score (nSPS) is 12.9. The summed E-state index contributed by atoms with van der Waals surface area (Å²) >= 11 is 3.02. The van der Waals surface area contributed by atoms with Gasteiger partial charge in [-0.2, -0.15) is 0 Å². The van der Waals surface area contributed by atoms with Gasteiger partial charge in [0.2, 0.25) is 0 Å². The lowest BCUT2D eigenvalue weighted by atomic mass is 9.95. The molecule has 0 aliphatic heterocycles. The SMILES string of the molecule is CC(C)c1nc(CN(C)C(=O)N[C@@H](CCn2ccnc2)C(=O)CN[C@H](CC[C@H](Cc2ccccc2)NC(=O)OCc2cncs2)Cc2ccccc2)cs1. The van der Waals surface area contributed by atoms with Gasteiger partial charge < -0.3 is 30.2 Å². The summed E-state index contributed by atoms with van der Waals surface area (Å²) in [6.45, 7) is 5.27. The highest BCUT2D eigenvalue weighted by atomic mass is 32.1. The highest BCUT2D eigenvalue weighted by Gasteiger charge is 2.25. The number of aryl methyl sites for hydroxylation is 1. The second kappa shape index (κ2) is 21.1. The van der Waals surface area contributed by atoms with Crippen LogP contribution in [0.4, 0.5) is 9.59 Å². The van der Waals surface area contributed by atoms with E-state index in [9.17, 15) is 14.4 Å². The largest absolute Gasteiger partial charge is 0.444 e. The Balaban J connectivity index is 1.24. The van der Waals surface area contributed by atoms with E-state index in [0.717, 1.165) is 26.7 Å². The fraction of sp³-hybridized carbons (Fsp3) is 0.400. The van der Waals surface area contributed by atoms with Crippen LogP contribution in [0.1, 0.15) is 65.7 Å². The number of ketones is 1. The van der Waals surface area contributed by atoms with Crippen LogP contribution in [0, 0.1) is 0 Å². The van der Waals surface area contributed by atoms with Crippen LogP contribution >= 0.6 is 22.7 Å². The predicted molar refractivity (Wildman–Crippen MR) is 212 cm³/mol. The molecule has 3 heterocycles. The smallest absolute Gasteiger partial charge is 0.407 e. The van der Waals surface area contributed by atoms with Crippen molar-refractivity contribution < 1.29 is 19.1 Å². The summed E-state index contributed by atoms with van der Waals surface area (Å²) in [4.78, 5) is 55.6. The van der Waals surface area contributed by atoms with Crippen molar-refractivity contribution in [2.24, 2.45) is 0 Å². The average molecular weight is 771 g/mol. The predicted octanol–water partition coefficient (Wildman–Crippen LogP) is 6.61. The third-order valence-electron chi connectivity index (χ3n) is 8.96. The van der Waals surface area contributed by atoms with Crippen LogP contribution < -0.4 is 16.0 Å². The first kappa shape index (κ1) is 40.3. The van der Waals surface area contributed by atoms with Gasteiger partial charge in [-0.1, -0.05) is 74.5 Å². The van der Waals surface area contributed by atoms with Gasteiger partial charge in [0.05, 0.1) is 46.5 Å². The van der Waals surface area contributed by atoms with E-state index in [4.69, 9.17) is 4.74 Å². The van der Waals surface area contributed by atoms with E-state index in [1.807, 2.05) is 64.7 Å². The number of carbonyl (C=O) groups is 3. The van der Waals surface area contributed by atoms with Gasteiger partial charge in [0.1, 0.15) is 6.61 Å². The number of benzene rings is 2. The minimum absolute atomic E-state index is 0.0631. The minimum Gasteiger partial charge on any atom is -0.444 e. The Morgan fingerprint density at radius 1 is 0.889 bits per heavy atom. The Morgan fingerprint density at radius 3 is 2.22 bits per heavy atom. The lowest BCUT2D eigenvalue weighted by Crippen LogP contribution is -2.50. The second-order valence-electron chi connectivity index (χ2n) is 13.7. The van der Waals surface area contributed by atoms with Crippen molar-refractivity contribution in [3.8, 4) is 0 Å². The Kier molecular flexibility index (Phi) is 15.7. The first-order valence-corrected chi connectivity index (χ1v) is 20.0. The number of urea groups is 1. The topological polar surface area (TPSA) is 143 Å². The minimum atomic E-state index is -0.727. The standard InChI is InChI=1S/C40H50N8O4S2/c1-29(2)38-44-34(26-53-38)24-47(3)39(50)46-36(16-18-48-19-17-41-27-48)37(49)23-43-32(20-30-10-6-4-7-11-30)14-15-33(21-31-12-8-5-9-13-31)45-40(51)52-25-35-22-42-28-54-35/h4-13,17,19,22,26-29,32-33,36,43H,14-16,18,20-21,23-25H2,1-3H3,(H,45,51)(H,46,50)/t32-,33-,36+/m1/s1. The van der Waals surface area contributed by atoms with Crippen LogP contribution in [0.25, 0.3) is 0 Å². The number of thiazole rings is 2. The van der Waals surface area contributed by atoms with E-state index >= 15 is 0 Å². The maximum absolute atomic E-state index is 13.9. The fourth-order valence-electron chi connectivity index (χ4n) is 5.97. The van der Waals surface area contributed by atoms with Gasteiger partial charge in [-0.3, -0.25) is 9.78 Å². The van der Waals surface area contributed by atoms with Gasteiger partial charge in [-0.25, -0.2) is 19.6 Å². The van der Waals surface area contributed by atoms with Crippen molar-refractivity contribution >= 4 is 40.6 Å². The zero-order valence-corrected chi connectivity index (χ0v) is 32.7. The third-order valence-corrected chi connectivity index (χ3v) is 10.9. The number of ether oxygens (including phenoxy) is 1. The summed E-state index contributed by atoms with van der Waals surface area (Å²) in [5.74, 6) is 0.199. The number of carbonyl (C=O) groups excluding carboxylic acids is 3. The lowest BCUT2D eigenvalue weighted by molar-refractivity contribution is -0.120. The molecule has 0 bridgehead atoms. The number of Topliss-reactive ketones (excluding diaryl/α,β-unsaturated/α-hetero) is 1. The molecule has 3 aromatic heterocycles. The van der Waals surface area contributed by atoms with Gasteiger partial charge in [-0.15, -0.1) is 22.7 Å². The molecule has 0 saturated heterocycles. The molecule has 5 aromatic rings. The summed E-state index contributed by atoms with van der Waals surface area (Å²) in [6.07, 6.45) is 9.48. The van der Waals surface area contributed by atoms with Gasteiger partial charge in [0.25, 0.3) is 0 Å². The molecule has 12 nitrogen and oxygen atoms in total. The molecule has 0 saturated carbocycles. The van der Waals surface area contributed by atoms with E-state index in [-0.39, 0.29) is 37.0 Å². The molecule has 54 heavy (non-hydrogen) atoms. The Labute approximate surface area is 325 Å². The van der Waals surface area contributed by atoms with E-state index in [2.05, 4.69) is 56.9 Å². The maximum Gasteiger partial charge on any atom is 0.407 e. The molecule has 14 heteroatoms. The summed E-state index contributed by atoms with van der Waals surface area (Å²) in [6, 6.07) is 18.8. The van der Waals surface area contributed by atoms with Crippen molar-refractivity contribution in [2.75, 3.05) is 13.6 Å². The number of nitrogens with zero attached hydrogens (tertiary/aromatic N) is 5. The van der Waals surface area contributed by atoms with Crippen molar-refractivity contribution in [2.45, 2.75) is 89.7 Å². The van der Waals surface area contributed by atoms with Crippen LogP contribution in [-0.2, 0) is 42.1 Å². The van der Waals surface area contributed by atoms with Crippen molar-refractivity contribution in [1.29, 1.82) is 0 Å². The molecule has 0 spiro atoms. The molecule has 0 aliphatic carbocycles. The molecule has 3 N–H and O–H groups in total. The molecule has 5 rings (SSSR count). The van der Waals surface area contributed by atoms with E-state index in [0.29, 0.717) is 51.1 Å². The molecule has 0 radical (unpaired) electrons. The number of rotatable bonds is 21. The molecule has 0 fully saturated rings. The van der Waals surface area contributed by atoms with Crippen LogP contribution in [-0.4, -0.2) is 74.0 Å². The summed E-state index contributed by atoms with van der Waals surface area (Å²) in [5, 5.41) is 12.6. The number of nitrogens with one attached hydrogen (secondary N) is 3. The summed E-state index contributed by atoms with van der Waals surface area (Å²) in [7, 11) is 1.71. The molecule has 3 amide bonds. The van der Waals surface area contributed by atoms with Gasteiger partial charge in [0, 0.05) is 55.6 Å². The molecule has 0 aliphatic rings. The van der Waals surface area contributed by atoms with Crippen molar-refractivity contribution in [3.05, 3.63) is 123 Å². The molecule has 286 valence electrons. The zero-order chi connectivity index (χ0) is 38.1. The molecule has 2 aromatic carbocycles. The van der Waals surface area contributed by atoms with Gasteiger partial charge in [-0.05, 0) is 43.2 Å². The first-order chi connectivity index (χ1) is 26.2. The number of aromatic nitrogens is 4. The Hall–Kier alpha value is -4.92. The molecular formula is C40H50N8O4S2. The molecular weight excluding hydrogens is 721 g/mol. The number of hydrogen-bond acceptors (Lipinski definition) is 10. The van der Waals surface area contributed by atoms with Crippen LogP contribution in [0.2, 0.25) is 0 Å².